The summed E-state index contributed by atoms with van der Waals surface area (Å²) in [5.74, 6) is -2.15. The third-order valence-corrected chi connectivity index (χ3v) is 6.00. The highest BCUT2D eigenvalue weighted by Gasteiger charge is 2.29. The number of hydrogen-bond acceptors (Lipinski definition) is 9. The van der Waals surface area contributed by atoms with E-state index in [2.05, 4.69) is 19.7 Å². The predicted molar refractivity (Wildman–Crippen MR) is 128 cm³/mol. The third-order valence-electron chi connectivity index (χ3n) is 6.00. The smallest absolute Gasteiger partial charge is 0.467 e. The molecule has 2 aromatic heterocycles. The first-order valence-corrected chi connectivity index (χ1v) is 11.4. The molecule has 194 valence electrons. The van der Waals surface area contributed by atoms with Gasteiger partial charge in [-0.1, -0.05) is 31.2 Å². The second-order valence-electron chi connectivity index (χ2n) is 8.75. The maximum atomic E-state index is 16.1. The number of alkyl halides is 1. The molecule has 1 unspecified atom stereocenters. The minimum atomic E-state index is -4.17. The van der Waals surface area contributed by atoms with Gasteiger partial charge in [-0.05, 0) is 17.4 Å². The molecule has 5 rings (SSSR count). The van der Waals surface area contributed by atoms with Gasteiger partial charge < -0.3 is 29.3 Å². The molecule has 1 fully saturated rings. The van der Waals surface area contributed by atoms with Gasteiger partial charge in [0, 0.05) is 30.2 Å². The number of ether oxygens (including phenoxy) is 3. The first-order chi connectivity index (χ1) is 17.7. The van der Waals surface area contributed by atoms with Crippen LogP contribution in [0.3, 0.4) is 0 Å². The monoisotopic (exact) mass is 516 g/mol. The van der Waals surface area contributed by atoms with Crippen LogP contribution < -0.4 is 14.4 Å². The minimum absolute atomic E-state index is 0.0200. The number of rotatable bonds is 5. The van der Waals surface area contributed by atoms with Crippen LogP contribution in [0.5, 0.6) is 11.8 Å². The summed E-state index contributed by atoms with van der Waals surface area (Å²) in [6.45, 7) is 4.19. The Kier molecular flexibility index (Phi) is 6.48. The molecule has 2 N–H and O–H groups in total. The van der Waals surface area contributed by atoms with Gasteiger partial charge >= 0.3 is 12.2 Å². The van der Waals surface area contributed by atoms with Crippen molar-refractivity contribution in [2.24, 2.45) is 5.92 Å². The van der Waals surface area contributed by atoms with Gasteiger partial charge in [0.1, 0.15) is 17.0 Å². The summed E-state index contributed by atoms with van der Waals surface area (Å²) in [4.78, 5) is 14.9. The number of fused-ring (bicyclic) bond motifs is 2. The van der Waals surface area contributed by atoms with Crippen LogP contribution in [0.4, 0.5) is 19.0 Å². The van der Waals surface area contributed by atoms with Gasteiger partial charge in [0.2, 0.25) is 0 Å². The molecule has 0 amide bonds. The zero-order valence-electron chi connectivity index (χ0n) is 19.9. The van der Waals surface area contributed by atoms with Crippen molar-refractivity contribution in [1.29, 1.82) is 0 Å². The molecule has 3 heterocycles. The fraction of sp³-hybridized carbons (Fsp3) is 0.320. The number of nitrogens with zero attached hydrogens (tertiary/aromatic N) is 4. The number of halogens is 3. The largest absolute Gasteiger partial charge is 0.492 e. The van der Waals surface area contributed by atoms with Crippen molar-refractivity contribution in [1.82, 2.24) is 15.0 Å². The molecule has 0 bridgehead atoms. The van der Waals surface area contributed by atoms with Gasteiger partial charge in [0.15, 0.2) is 17.4 Å². The van der Waals surface area contributed by atoms with Gasteiger partial charge in [-0.2, -0.15) is 9.97 Å². The van der Waals surface area contributed by atoms with E-state index in [0.717, 1.165) is 6.07 Å². The number of aromatic nitrogens is 3. The number of methoxy groups -OCH3 is 1. The third kappa shape index (κ3) is 4.82. The number of anilines is 1. The van der Waals surface area contributed by atoms with Crippen molar-refractivity contribution < 1.29 is 37.6 Å². The first kappa shape index (κ1) is 24.9. The van der Waals surface area contributed by atoms with Crippen molar-refractivity contribution in [3.05, 3.63) is 48.2 Å². The van der Waals surface area contributed by atoms with E-state index in [1.165, 1.54) is 25.4 Å². The molecule has 4 aromatic rings. The molecule has 9 nitrogen and oxygen atoms in total. The molecular weight excluding hydrogens is 493 g/mol. The number of hydrogen-bond donors (Lipinski definition) is 2. The summed E-state index contributed by atoms with van der Waals surface area (Å²) in [7, 11) is 1.36. The highest BCUT2D eigenvalue weighted by Crippen LogP contribution is 2.40. The van der Waals surface area contributed by atoms with Crippen LogP contribution in [-0.2, 0) is 4.74 Å². The lowest BCUT2D eigenvalue weighted by Crippen LogP contribution is -2.30. The van der Waals surface area contributed by atoms with E-state index < -0.39 is 23.6 Å². The van der Waals surface area contributed by atoms with E-state index in [9.17, 15) is 8.78 Å². The van der Waals surface area contributed by atoms with Crippen LogP contribution in [0, 0.1) is 17.6 Å². The van der Waals surface area contributed by atoms with Gasteiger partial charge in [-0.15, -0.1) is 4.39 Å². The first-order valence-electron chi connectivity index (χ1n) is 11.4. The van der Waals surface area contributed by atoms with Gasteiger partial charge in [-0.3, -0.25) is 4.98 Å². The van der Waals surface area contributed by atoms with E-state index in [1.54, 1.807) is 12.1 Å². The molecular formula is C25H23F3N4O5. The molecule has 1 aliphatic heterocycles. The summed E-state index contributed by atoms with van der Waals surface area (Å²) < 4.78 is 59.6. The Morgan fingerprint density at radius 3 is 2.73 bits per heavy atom. The molecule has 0 radical (unpaired) electrons. The molecule has 0 spiro atoms. The number of aliphatic hydroxyl groups is 2. The average Bonchev–Trinajstić information content (AvgIpc) is 3.08. The lowest BCUT2D eigenvalue weighted by Gasteiger charge is -2.24. The Balaban J connectivity index is 1.74. The molecule has 12 heteroatoms. The van der Waals surface area contributed by atoms with Crippen LogP contribution >= 0.6 is 0 Å². The highest BCUT2D eigenvalue weighted by atomic mass is 19.2. The van der Waals surface area contributed by atoms with Crippen molar-refractivity contribution in [2.75, 3.05) is 38.3 Å². The van der Waals surface area contributed by atoms with E-state index in [-0.39, 0.29) is 34.1 Å². The van der Waals surface area contributed by atoms with Crippen molar-refractivity contribution in [3.63, 3.8) is 0 Å². The Morgan fingerprint density at radius 1 is 1.16 bits per heavy atom. The second kappa shape index (κ2) is 9.61. The Morgan fingerprint density at radius 2 is 1.97 bits per heavy atom. The summed E-state index contributed by atoms with van der Waals surface area (Å²) >= 11 is 0. The van der Waals surface area contributed by atoms with Crippen LogP contribution in [0.25, 0.3) is 32.9 Å². The second-order valence-corrected chi connectivity index (χ2v) is 8.75. The number of pyridine rings is 1. The summed E-state index contributed by atoms with van der Waals surface area (Å²) in [5.41, 5.74) is -0.315. The van der Waals surface area contributed by atoms with Crippen LogP contribution in [0.15, 0.2) is 36.5 Å². The maximum absolute atomic E-state index is 16.1. The Labute approximate surface area is 209 Å². The topological polar surface area (TPSA) is 110 Å². The number of benzene rings is 2. The fourth-order valence-corrected chi connectivity index (χ4v) is 4.46. The molecule has 1 saturated heterocycles. The van der Waals surface area contributed by atoms with Gasteiger partial charge in [0.05, 0.1) is 25.7 Å². The van der Waals surface area contributed by atoms with Crippen molar-refractivity contribution >= 4 is 27.5 Å². The molecule has 1 atom stereocenters. The Hall–Kier alpha value is -3.74. The van der Waals surface area contributed by atoms with E-state index in [0.29, 0.717) is 42.9 Å². The van der Waals surface area contributed by atoms with E-state index >= 15 is 4.39 Å². The highest BCUT2D eigenvalue weighted by molar-refractivity contribution is 6.02. The minimum Gasteiger partial charge on any atom is -0.467 e. The zero-order chi connectivity index (χ0) is 26.3. The van der Waals surface area contributed by atoms with Crippen LogP contribution in [-0.4, -0.2) is 64.8 Å². The van der Waals surface area contributed by atoms with Gasteiger partial charge in [0.25, 0.3) is 0 Å². The molecule has 1 aliphatic rings. The lowest BCUT2D eigenvalue weighted by molar-refractivity contribution is -0.375. The fourth-order valence-electron chi connectivity index (χ4n) is 4.46. The SMILES string of the molecule is COc1nc(N2CCOCC(C)C2)c2cnc(-c3cccc4ccc(F)c(OC(O)(O)F)c34)c(F)c2n1. The molecule has 0 aliphatic carbocycles. The normalized spacial score (nSPS) is 16.7. The zero-order valence-corrected chi connectivity index (χ0v) is 19.9. The summed E-state index contributed by atoms with van der Waals surface area (Å²) in [6, 6.07) is 6.80. The Bertz CT molecular complexity index is 1480. The molecule has 0 saturated carbocycles. The molecule has 37 heavy (non-hydrogen) atoms. The van der Waals surface area contributed by atoms with Crippen LogP contribution in [0.2, 0.25) is 0 Å². The standard InChI is InChI=1S/C25H23F3N4O5/c1-13-11-32(8-9-36-12-13)23-16-10-29-20(19(27)21(16)30-24(31-23)35-2)15-5-3-4-14-6-7-17(26)22(18(14)15)37-25(28,33)34/h3-7,10,13,33-34H,8-9,11-12H2,1-2H3. The average molecular weight is 516 g/mol. The van der Waals surface area contributed by atoms with E-state index in [1.807, 2.05) is 11.8 Å². The quantitative estimate of drug-likeness (QED) is 0.385. The van der Waals surface area contributed by atoms with Crippen LogP contribution in [0.1, 0.15) is 6.92 Å². The van der Waals surface area contributed by atoms with Crippen molar-refractivity contribution in [3.8, 4) is 23.0 Å². The maximum Gasteiger partial charge on any atom is 0.492 e. The summed E-state index contributed by atoms with van der Waals surface area (Å²) in [5, 5.41) is 18.8. The van der Waals surface area contributed by atoms with Gasteiger partial charge in [-0.25, -0.2) is 8.78 Å². The predicted octanol–water partition coefficient (Wildman–Crippen LogP) is 3.55. The lowest BCUT2D eigenvalue weighted by atomic mass is 9.99. The molecule has 2 aromatic carbocycles. The summed E-state index contributed by atoms with van der Waals surface area (Å²) in [6.07, 6.45) is -2.77. The van der Waals surface area contributed by atoms with Crippen molar-refractivity contribution in [2.45, 2.75) is 13.2 Å². The van der Waals surface area contributed by atoms with E-state index in [4.69, 9.17) is 19.7 Å².